The monoisotopic (exact) mass is 337 g/mol. The lowest BCUT2D eigenvalue weighted by Crippen LogP contribution is -2.48. The zero-order valence-corrected chi connectivity index (χ0v) is 13.8. The second kappa shape index (κ2) is 6.90. The van der Waals surface area contributed by atoms with Gasteiger partial charge in [0.15, 0.2) is 5.58 Å². The van der Waals surface area contributed by atoms with E-state index < -0.39 is 0 Å². The first kappa shape index (κ1) is 15.6. The van der Waals surface area contributed by atoms with E-state index in [2.05, 4.69) is 25.1 Å². The molecule has 1 fully saturated rings. The highest BCUT2D eigenvalue weighted by Gasteiger charge is 2.22. The molecule has 0 aliphatic carbocycles. The molecule has 0 unspecified atom stereocenters. The minimum atomic E-state index is -0.0125. The molecule has 0 radical (unpaired) electrons. The molecule has 0 bridgehead atoms. The maximum Gasteiger partial charge on any atom is 0.298 e. The number of hydrogen-bond donors (Lipinski definition) is 1. The summed E-state index contributed by atoms with van der Waals surface area (Å²) in [4.78, 5) is 24.9. The average Bonchev–Trinajstić information content (AvgIpc) is 3.07. The largest absolute Gasteiger partial charge is 0.423 e. The van der Waals surface area contributed by atoms with Gasteiger partial charge >= 0.3 is 0 Å². The number of carbonyl (C=O) groups excluding carboxylic acids is 1. The van der Waals surface area contributed by atoms with E-state index in [-0.39, 0.29) is 5.91 Å². The number of nitrogens with one attached hydrogen (secondary N) is 1. The molecule has 0 spiro atoms. The number of benzene rings is 1. The van der Waals surface area contributed by atoms with Gasteiger partial charge in [-0.3, -0.25) is 14.7 Å². The summed E-state index contributed by atoms with van der Waals surface area (Å²) in [5, 5.41) is 2.88. The Bertz CT molecular complexity index is 823. The maximum atomic E-state index is 12.1. The summed E-state index contributed by atoms with van der Waals surface area (Å²) in [7, 11) is 0. The zero-order chi connectivity index (χ0) is 17.1. The maximum absolute atomic E-state index is 12.1. The van der Waals surface area contributed by atoms with Gasteiger partial charge in [0.2, 0.25) is 5.91 Å². The van der Waals surface area contributed by atoms with Crippen molar-refractivity contribution in [1.29, 1.82) is 0 Å². The van der Waals surface area contributed by atoms with Crippen molar-refractivity contribution in [2.45, 2.75) is 0 Å². The van der Waals surface area contributed by atoms with E-state index >= 15 is 0 Å². The van der Waals surface area contributed by atoms with Gasteiger partial charge in [-0.25, -0.2) is 0 Å². The Morgan fingerprint density at radius 3 is 2.60 bits per heavy atom. The van der Waals surface area contributed by atoms with Crippen LogP contribution < -0.4 is 10.2 Å². The second-order valence-electron chi connectivity index (χ2n) is 6.01. The minimum Gasteiger partial charge on any atom is -0.423 e. The molecule has 128 valence electrons. The first-order chi connectivity index (χ1) is 12.3. The molecular formula is C18H19N5O2. The molecule has 7 heteroatoms. The molecule has 3 aromatic rings. The summed E-state index contributed by atoms with van der Waals surface area (Å²) >= 11 is 0. The van der Waals surface area contributed by atoms with Gasteiger partial charge in [-0.2, -0.15) is 4.98 Å². The SMILES string of the molecule is O=C(CN1CCN(c2nc3ccccc3o2)CC1)Nc1ccncc1. The van der Waals surface area contributed by atoms with Crippen LogP contribution in [0.1, 0.15) is 0 Å². The van der Waals surface area contributed by atoms with Crippen molar-refractivity contribution in [3.63, 3.8) is 0 Å². The fourth-order valence-corrected chi connectivity index (χ4v) is 2.93. The third-order valence-corrected chi connectivity index (χ3v) is 4.26. The quantitative estimate of drug-likeness (QED) is 0.785. The van der Waals surface area contributed by atoms with Gasteiger partial charge in [0.1, 0.15) is 5.52 Å². The Hall–Kier alpha value is -2.93. The molecule has 0 atom stereocenters. The summed E-state index contributed by atoms with van der Waals surface area (Å²) in [6.07, 6.45) is 3.32. The number of para-hydroxylation sites is 2. The number of aromatic nitrogens is 2. The Balaban J connectivity index is 1.31. The standard InChI is InChI=1S/C18H19N5O2/c24-17(20-14-5-7-19-8-6-14)13-22-9-11-23(12-10-22)18-21-15-3-1-2-4-16(15)25-18/h1-8H,9-13H2,(H,19,20,24). The van der Waals surface area contributed by atoms with Crippen molar-refractivity contribution in [1.82, 2.24) is 14.9 Å². The van der Waals surface area contributed by atoms with Crippen LogP contribution >= 0.6 is 0 Å². The number of rotatable bonds is 4. The lowest BCUT2D eigenvalue weighted by molar-refractivity contribution is -0.117. The predicted octanol–water partition coefficient (Wildman–Crippen LogP) is 1.98. The smallest absolute Gasteiger partial charge is 0.298 e. The minimum absolute atomic E-state index is 0.0125. The van der Waals surface area contributed by atoms with Gasteiger partial charge in [0, 0.05) is 44.3 Å². The topological polar surface area (TPSA) is 74.5 Å². The van der Waals surface area contributed by atoms with Crippen molar-refractivity contribution in [2.24, 2.45) is 0 Å². The summed E-state index contributed by atoms with van der Waals surface area (Å²) in [5.74, 6) is -0.0125. The normalized spacial score (nSPS) is 15.4. The fourth-order valence-electron chi connectivity index (χ4n) is 2.93. The Labute approximate surface area is 145 Å². The second-order valence-corrected chi connectivity index (χ2v) is 6.01. The molecular weight excluding hydrogens is 318 g/mol. The van der Waals surface area contributed by atoms with Crippen molar-refractivity contribution < 1.29 is 9.21 Å². The van der Waals surface area contributed by atoms with Gasteiger partial charge in [-0.05, 0) is 24.3 Å². The van der Waals surface area contributed by atoms with Crippen molar-refractivity contribution >= 4 is 28.7 Å². The molecule has 1 aromatic carbocycles. The molecule has 0 saturated carbocycles. The van der Waals surface area contributed by atoms with Crippen LogP contribution in [0.3, 0.4) is 0 Å². The molecule has 7 nitrogen and oxygen atoms in total. The number of fused-ring (bicyclic) bond motifs is 1. The molecule has 1 aliphatic rings. The molecule has 3 heterocycles. The van der Waals surface area contributed by atoms with E-state index in [0.717, 1.165) is 43.0 Å². The van der Waals surface area contributed by atoms with Crippen LogP contribution in [0.25, 0.3) is 11.1 Å². The van der Waals surface area contributed by atoms with E-state index in [4.69, 9.17) is 4.42 Å². The molecule has 1 amide bonds. The van der Waals surface area contributed by atoms with Gasteiger partial charge in [-0.1, -0.05) is 12.1 Å². The van der Waals surface area contributed by atoms with Crippen molar-refractivity contribution in [2.75, 3.05) is 42.9 Å². The molecule has 1 N–H and O–H groups in total. The van der Waals surface area contributed by atoms with Gasteiger partial charge < -0.3 is 14.6 Å². The zero-order valence-electron chi connectivity index (χ0n) is 13.8. The number of piperazine rings is 1. The summed E-state index contributed by atoms with van der Waals surface area (Å²) in [6.45, 7) is 3.54. The highest BCUT2D eigenvalue weighted by molar-refractivity contribution is 5.92. The van der Waals surface area contributed by atoms with E-state index in [1.165, 1.54) is 0 Å². The van der Waals surface area contributed by atoms with E-state index in [9.17, 15) is 4.79 Å². The Morgan fingerprint density at radius 2 is 1.84 bits per heavy atom. The first-order valence-corrected chi connectivity index (χ1v) is 8.31. The average molecular weight is 337 g/mol. The number of anilines is 2. The lowest BCUT2D eigenvalue weighted by Gasteiger charge is -2.33. The number of nitrogens with zero attached hydrogens (tertiary/aromatic N) is 4. The van der Waals surface area contributed by atoms with E-state index in [0.29, 0.717) is 12.6 Å². The van der Waals surface area contributed by atoms with Gasteiger partial charge in [0.05, 0.1) is 6.54 Å². The third-order valence-electron chi connectivity index (χ3n) is 4.26. The molecule has 1 saturated heterocycles. The molecule has 25 heavy (non-hydrogen) atoms. The van der Waals surface area contributed by atoms with Crippen LogP contribution in [0.15, 0.2) is 53.2 Å². The molecule has 4 rings (SSSR count). The third kappa shape index (κ3) is 3.61. The summed E-state index contributed by atoms with van der Waals surface area (Å²) in [6, 6.07) is 12.0. The van der Waals surface area contributed by atoms with Crippen LogP contribution in [0.2, 0.25) is 0 Å². The summed E-state index contributed by atoms with van der Waals surface area (Å²) < 4.78 is 5.81. The van der Waals surface area contributed by atoms with Crippen molar-refractivity contribution in [3.05, 3.63) is 48.8 Å². The van der Waals surface area contributed by atoms with Gasteiger partial charge in [0.25, 0.3) is 6.01 Å². The van der Waals surface area contributed by atoms with Crippen LogP contribution in [0.5, 0.6) is 0 Å². The van der Waals surface area contributed by atoms with Crippen LogP contribution in [-0.2, 0) is 4.79 Å². The first-order valence-electron chi connectivity index (χ1n) is 8.31. The number of carbonyl (C=O) groups is 1. The van der Waals surface area contributed by atoms with E-state index in [1.807, 2.05) is 24.3 Å². The van der Waals surface area contributed by atoms with Crippen LogP contribution in [0.4, 0.5) is 11.7 Å². The highest BCUT2D eigenvalue weighted by atomic mass is 16.4. The fraction of sp³-hybridized carbons (Fsp3) is 0.278. The lowest BCUT2D eigenvalue weighted by atomic mass is 10.3. The molecule has 2 aromatic heterocycles. The van der Waals surface area contributed by atoms with Crippen molar-refractivity contribution in [3.8, 4) is 0 Å². The van der Waals surface area contributed by atoms with Gasteiger partial charge in [-0.15, -0.1) is 0 Å². The van der Waals surface area contributed by atoms with Crippen LogP contribution in [0, 0.1) is 0 Å². The highest BCUT2D eigenvalue weighted by Crippen LogP contribution is 2.22. The Morgan fingerprint density at radius 1 is 1.08 bits per heavy atom. The van der Waals surface area contributed by atoms with Crippen LogP contribution in [-0.4, -0.2) is 53.5 Å². The predicted molar refractivity (Wildman–Crippen MR) is 95.5 cm³/mol. The summed E-state index contributed by atoms with van der Waals surface area (Å²) in [5.41, 5.74) is 2.44. The molecule has 1 aliphatic heterocycles. The Kier molecular flexibility index (Phi) is 4.30. The number of amides is 1. The number of oxazole rings is 1. The van der Waals surface area contributed by atoms with E-state index in [1.54, 1.807) is 24.5 Å². The number of pyridine rings is 1. The number of hydrogen-bond acceptors (Lipinski definition) is 6.